The lowest BCUT2D eigenvalue weighted by Crippen LogP contribution is -2.05. The van der Waals surface area contributed by atoms with Gasteiger partial charge in [0.1, 0.15) is 11.6 Å². The number of nitrogens with zero attached hydrogens (tertiary/aromatic N) is 4. The molecule has 1 aromatic carbocycles. The third kappa shape index (κ3) is 2.76. The van der Waals surface area contributed by atoms with Gasteiger partial charge in [0.15, 0.2) is 5.65 Å². The van der Waals surface area contributed by atoms with Gasteiger partial charge in [-0.3, -0.25) is 0 Å². The highest BCUT2D eigenvalue weighted by atomic mass is 79.9. The zero-order valence-corrected chi connectivity index (χ0v) is 13.6. The molecule has 0 radical (unpaired) electrons. The van der Waals surface area contributed by atoms with Crippen molar-refractivity contribution in [2.75, 3.05) is 11.9 Å². The van der Waals surface area contributed by atoms with E-state index in [1.54, 1.807) is 0 Å². The van der Waals surface area contributed by atoms with E-state index in [0.717, 1.165) is 45.8 Å². The standard InChI is InChI=1S/C15H16BrN5/c1-3-8-17-14-13-9-18-21(15(13)20-10(2)19-14)12-6-4-11(16)5-7-12/h4-7,9H,3,8H2,1-2H3,(H,17,19,20). The summed E-state index contributed by atoms with van der Waals surface area (Å²) in [4.78, 5) is 9.02. The minimum Gasteiger partial charge on any atom is -0.369 e. The molecule has 5 nitrogen and oxygen atoms in total. The highest BCUT2D eigenvalue weighted by Gasteiger charge is 2.12. The first kappa shape index (κ1) is 14.0. The van der Waals surface area contributed by atoms with Gasteiger partial charge in [-0.05, 0) is 37.6 Å². The molecule has 0 atom stereocenters. The van der Waals surface area contributed by atoms with Gasteiger partial charge in [-0.1, -0.05) is 22.9 Å². The largest absolute Gasteiger partial charge is 0.369 e. The Balaban J connectivity index is 2.13. The molecular formula is C15H16BrN5. The Bertz CT molecular complexity index is 764. The molecule has 0 spiro atoms. The number of rotatable bonds is 4. The van der Waals surface area contributed by atoms with Crippen molar-refractivity contribution in [1.29, 1.82) is 0 Å². The van der Waals surface area contributed by atoms with E-state index in [1.165, 1.54) is 0 Å². The molecule has 2 heterocycles. The lowest BCUT2D eigenvalue weighted by molar-refractivity contribution is 0.888. The van der Waals surface area contributed by atoms with Crippen LogP contribution < -0.4 is 5.32 Å². The molecule has 0 saturated carbocycles. The van der Waals surface area contributed by atoms with E-state index in [0.29, 0.717) is 0 Å². The van der Waals surface area contributed by atoms with Gasteiger partial charge in [-0.25, -0.2) is 14.6 Å². The molecule has 0 aliphatic heterocycles. The Kier molecular flexibility index (Phi) is 3.88. The van der Waals surface area contributed by atoms with Crippen LogP contribution in [0.25, 0.3) is 16.7 Å². The average molecular weight is 346 g/mol. The maximum Gasteiger partial charge on any atom is 0.168 e. The van der Waals surface area contributed by atoms with E-state index in [-0.39, 0.29) is 0 Å². The number of aryl methyl sites for hydroxylation is 1. The van der Waals surface area contributed by atoms with Crippen molar-refractivity contribution in [3.05, 3.63) is 40.8 Å². The van der Waals surface area contributed by atoms with Crippen LogP contribution in [0, 0.1) is 6.92 Å². The maximum atomic E-state index is 4.54. The molecule has 1 N–H and O–H groups in total. The van der Waals surface area contributed by atoms with Crippen LogP contribution in [0.3, 0.4) is 0 Å². The molecule has 0 amide bonds. The number of hydrogen-bond acceptors (Lipinski definition) is 4. The third-order valence-electron chi connectivity index (χ3n) is 3.15. The van der Waals surface area contributed by atoms with Crippen LogP contribution >= 0.6 is 15.9 Å². The summed E-state index contributed by atoms with van der Waals surface area (Å²) in [7, 11) is 0. The molecule has 108 valence electrons. The van der Waals surface area contributed by atoms with Crippen molar-refractivity contribution >= 4 is 32.8 Å². The van der Waals surface area contributed by atoms with E-state index >= 15 is 0 Å². The fourth-order valence-electron chi connectivity index (χ4n) is 2.17. The smallest absolute Gasteiger partial charge is 0.168 e. The molecule has 3 aromatic rings. The van der Waals surface area contributed by atoms with Crippen LogP contribution in [-0.4, -0.2) is 26.3 Å². The van der Waals surface area contributed by atoms with Gasteiger partial charge in [-0.2, -0.15) is 5.10 Å². The van der Waals surface area contributed by atoms with E-state index in [9.17, 15) is 0 Å². The highest BCUT2D eigenvalue weighted by molar-refractivity contribution is 9.10. The zero-order chi connectivity index (χ0) is 14.8. The molecule has 21 heavy (non-hydrogen) atoms. The van der Waals surface area contributed by atoms with E-state index in [2.05, 4.69) is 43.2 Å². The first-order chi connectivity index (χ1) is 10.2. The summed E-state index contributed by atoms with van der Waals surface area (Å²) in [6.45, 7) is 4.91. The second kappa shape index (κ2) is 5.81. The van der Waals surface area contributed by atoms with Crippen LogP contribution in [0.4, 0.5) is 5.82 Å². The highest BCUT2D eigenvalue weighted by Crippen LogP contribution is 2.23. The first-order valence-corrected chi connectivity index (χ1v) is 7.70. The van der Waals surface area contributed by atoms with Gasteiger partial charge in [0.05, 0.1) is 17.3 Å². The van der Waals surface area contributed by atoms with Gasteiger partial charge in [0.25, 0.3) is 0 Å². The molecule has 0 unspecified atom stereocenters. The van der Waals surface area contributed by atoms with Crippen LogP contribution in [-0.2, 0) is 0 Å². The minimum absolute atomic E-state index is 0.736. The van der Waals surface area contributed by atoms with Crippen molar-refractivity contribution in [1.82, 2.24) is 19.7 Å². The molecule has 2 aromatic heterocycles. The summed E-state index contributed by atoms with van der Waals surface area (Å²) in [5, 5.41) is 8.75. The molecule has 0 aliphatic rings. The molecule has 0 aliphatic carbocycles. The summed E-state index contributed by atoms with van der Waals surface area (Å²) in [6.07, 6.45) is 2.86. The van der Waals surface area contributed by atoms with Crippen LogP contribution in [0.1, 0.15) is 19.2 Å². The lowest BCUT2D eigenvalue weighted by Gasteiger charge is -2.07. The number of nitrogens with one attached hydrogen (secondary N) is 1. The molecule has 0 saturated heterocycles. The zero-order valence-electron chi connectivity index (χ0n) is 12.0. The second-order valence-corrected chi connectivity index (χ2v) is 5.73. The Morgan fingerprint density at radius 3 is 2.67 bits per heavy atom. The first-order valence-electron chi connectivity index (χ1n) is 6.91. The molecule has 0 fully saturated rings. The van der Waals surface area contributed by atoms with E-state index in [4.69, 9.17) is 0 Å². The fraction of sp³-hybridized carbons (Fsp3) is 0.267. The van der Waals surface area contributed by atoms with Crippen LogP contribution in [0.2, 0.25) is 0 Å². The number of aromatic nitrogens is 4. The Hall–Kier alpha value is -1.95. The van der Waals surface area contributed by atoms with Crippen molar-refractivity contribution in [3.8, 4) is 5.69 Å². The monoisotopic (exact) mass is 345 g/mol. The molecule has 3 rings (SSSR count). The van der Waals surface area contributed by atoms with Crippen LogP contribution in [0.15, 0.2) is 34.9 Å². The lowest BCUT2D eigenvalue weighted by atomic mass is 10.3. The van der Waals surface area contributed by atoms with Gasteiger partial charge < -0.3 is 5.32 Å². The Morgan fingerprint density at radius 2 is 1.95 bits per heavy atom. The topological polar surface area (TPSA) is 55.6 Å². The maximum absolute atomic E-state index is 4.54. The van der Waals surface area contributed by atoms with Gasteiger partial charge in [0, 0.05) is 11.0 Å². The minimum atomic E-state index is 0.736. The summed E-state index contributed by atoms with van der Waals surface area (Å²) >= 11 is 3.44. The molecule has 6 heteroatoms. The quantitative estimate of drug-likeness (QED) is 0.783. The Morgan fingerprint density at radius 1 is 1.19 bits per heavy atom. The van der Waals surface area contributed by atoms with E-state index in [1.807, 2.05) is 42.1 Å². The Labute approximate surface area is 131 Å². The van der Waals surface area contributed by atoms with Gasteiger partial charge in [0.2, 0.25) is 0 Å². The SMILES string of the molecule is CCCNc1nc(C)nc2c1cnn2-c1ccc(Br)cc1. The summed E-state index contributed by atoms with van der Waals surface area (Å²) in [6, 6.07) is 8.00. The predicted octanol–water partition coefficient (Wildman–Crippen LogP) is 3.71. The third-order valence-corrected chi connectivity index (χ3v) is 3.68. The van der Waals surface area contributed by atoms with Crippen molar-refractivity contribution in [3.63, 3.8) is 0 Å². The molecule has 0 bridgehead atoms. The van der Waals surface area contributed by atoms with Crippen molar-refractivity contribution < 1.29 is 0 Å². The van der Waals surface area contributed by atoms with Crippen molar-refractivity contribution in [2.24, 2.45) is 0 Å². The summed E-state index contributed by atoms with van der Waals surface area (Å²) in [5.41, 5.74) is 1.80. The summed E-state index contributed by atoms with van der Waals surface area (Å²) < 4.78 is 2.88. The fourth-order valence-corrected chi connectivity index (χ4v) is 2.43. The van der Waals surface area contributed by atoms with Crippen LogP contribution in [0.5, 0.6) is 0 Å². The second-order valence-electron chi connectivity index (χ2n) is 4.82. The average Bonchev–Trinajstić information content (AvgIpc) is 2.89. The number of anilines is 1. The van der Waals surface area contributed by atoms with E-state index < -0.39 is 0 Å². The number of benzene rings is 1. The molecular weight excluding hydrogens is 330 g/mol. The number of halogens is 1. The van der Waals surface area contributed by atoms with Gasteiger partial charge >= 0.3 is 0 Å². The number of hydrogen-bond donors (Lipinski definition) is 1. The number of fused-ring (bicyclic) bond motifs is 1. The van der Waals surface area contributed by atoms with Crippen molar-refractivity contribution in [2.45, 2.75) is 20.3 Å². The normalized spacial score (nSPS) is 11.0. The predicted molar refractivity (Wildman–Crippen MR) is 87.9 cm³/mol. The van der Waals surface area contributed by atoms with Gasteiger partial charge in [-0.15, -0.1) is 0 Å². The summed E-state index contributed by atoms with van der Waals surface area (Å²) in [5.74, 6) is 1.59.